The molecular weight excluding hydrogens is 304 g/mol. The third-order valence-electron chi connectivity index (χ3n) is 3.94. The third kappa shape index (κ3) is 4.57. The molecule has 5 heteroatoms. The molecule has 128 valence electrons. The lowest BCUT2D eigenvalue weighted by molar-refractivity contribution is -0.129. The van der Waals surface area contributed by atoms with Gasteiger partial charge in [-0.05, 0) is 37.4 Å². The lowest BCUT2D eigenvalue weighted by Gasteiger charge is -2.25. The predicted octanol–water partition coefficient (Wildman–Crippen LogP) is 2.15. The highest BCUT2D eigenvalue weighted by Gasteiger charge is 2.20. The zero-order chi connectivity index (χ0) is 17.5. The molecule has 0 aliphatic heterocycles. The predicted molar refractivity (Wildman–Crippen MR) is 93.8 cm³/mol. The van der Waals surface area contributed by atoms with Gasteiger partial charge < -0.3 is 20.1 Å². The number of carbonyl (C=O) groups is 1. The molecule has 2 aromatic carbocycles. The third-order valence-corrected chi connectivity index (χ3v) is 3.94. The second-order valence-corrected chi connectivity index (χ2v) is 5.81. The number of likely N-dealkylation sites (N-methyl/N-ethyl adjacent to an activating group) is 1. The summed E-state index contributed by atoms with van der Waals surface area (Å²) in [6.45, 7) is 0.414. The molecule has 0 saturated carbocycles. The van der Waals surface area contributed by atoms with Gasteiger partial charge in [-0.1, -0.05) is 42.5 Å². The van der Waals surface area contributed by atoms with Crippen LogP contribution in [0.15, 0.2) is 54.6 Å². The largest absolute Gasteiger partial charge is 0.497 e. The summed E-state index contributed by atoms with van der Waals surface area (Å²) >= 11 is 0. The van der Waals surface area contributed by atoms with Crippen LogP contribution in [-0.4, -0.2) is 43.7 Å². The van der Waals surface area contributed by atoms with Gasteiger partial charge in [0.1, 0.15) is 5.75 Å². The van der Waals surface area contributed by atoms with Crippen molar-refractivity contribution in [1.82, 2.24) is 10.2 Å². The summed E-state index contributed by atoms with van der Waals surface area (Å²) in [5.74, 6) is 0.181. The van der Waals surface area contributed by atoms with E-state index in [-0.39, 0.29) is 6.04 Å². The quantitative estimate of drug-likeness (QED) is 0.817. The lowest BCUT2D eigenvalue weighted by Crippen LogP contribution is -2.37. The maximum absolute atomic E-state index is 12.3. The molecule has 1 amide bonds. The van der Waals surface area contributed by atoms with Crippen molar-refractivity contribution in [2.45, 2.75) is 12.1 Å². The van der Waals surface area contributed by atoms with Crippen molar-refractivity contribution < 1.29 is 14.6 Å². The summed E-state index contributed by atoms with van der Waals surface area (Å²) in [5.41, 5.74) is 1.62. The number of aliphatic hydroxyl groups is 1. The van der Waals surface area contributed by atoms with Crippen LogP contribution >= 0.6 is 0 Å². The van der Waals surface area contributed by atoms with Crippen LogP contribution in [0, 0.1) is 0 Å². The Kier molecular flexibility index (Phi) is 6.35. The number of aliphatic hydroxyl groups excluding tert-OH is 1. The van der Waals surface area contributed by atoms with Gasteiger partial charge in [0.25, 0.3) is 5.91 Å². The molecule has 0 aliphatic carbocycles. The monoisotopic (exact) mass is 328 g/mol. The van der Waals surface area contributed by atoms with Gasteiger partial charge in [0.15, 0.2) is 6.10 Å². The van der Waals surface area contributed by atoms with Crippen molar-refractivity contribution in [2.75, 3.05) is 27.7 Å². The van der Waals surface area contributed by atoms with E-state index in [0.29, 0.717) is 17.9 Å². The van der Waals surface area contributed by atoms with E-state index in [9.17, 15) is 9.90 Å². The summed E-state index contributed by atoms with van der Waals surface area (Å²) < 4.78 is 5.12. The fourth-order valence-electron chi connectivity index (χ4n) is 2.53. The van der Waals surface area contributed by atoms with Crippen LogP contribution in [0.1, 0.15) is 23.3 Å². The summed E-state index contributed by atoms with van der Waals surface area (Å²) in [4.78, 5) is 14.3. The van der Waals surface area contributed by atoms with Gasteiger partial charge >= 0.3 is 0 Å². The Morgan fingerprint density at radius 1 is 1.12 bits per heavy atom. The van der Waals surface area contributed by atoms with Crippen LogP contribution in [-0.2, 0) is 4.79 Å². The van der Waals surface area contributed by atoms with Crippen LogP contribution in [0.25, 0.3) is 0 Å². The van der Waals surface area contributed by atoms with Crippen molar-refractivity contribution in [2.24, 2.45) is 0 Å². The fourth-order valence-corrected chi connectivity index (χ4v) is 2.53. The molecule has 5 nitrogen and oxygen atoms in total. The Labute approximate surface area is 142 Å². The summed E-state index contributed by atoms with van der Waals surface area (Å²) in [6, 6.07) is 16.9. The number of amides is 1. The van der Waals surface area contributed by atoms with Gasteiger partial charge in [0.05, 0.1) is 13.2 Å². The van der Waals surface area contributed by atoms with Crippen LogP contribution in [0.5, 0.6) is 5.75 Å². The van der Waals surface area contributed by atoms with Crippen LogP contribution in [0.2, 0.25) is 0 Å². The molecule has 0 saturated heterocycles. The van der Waals surface area contributed by atoms with Crippen molar-refractivity contribution in [3.05, 3.63) is 65.7 Å². The molecule has 0 spiro atoms. The molecule has 2 atom stereocenters. The van der Waals surface area contributed by atoms with Gasteiger partial charge in [-0.3, -0.25) is 4.79 Å². The maximum Gasteiger partial charge on any atom is 0.253 e. The van der Waals surface area contributed by atoms with Crippen LogP contribution in [0.4, 0.5) is 0 Å². The Bertz CT molecular complexity index is 659. The minimum atomic E-state index is -1.22. The average molecular weight is 328 g/mol. The summed E-state index contributed by atoms with van der Waals surface area (Å²) in [5, 5.41) is 13.1. The highest BCUT2D eigenvalue weighted by molar-refractivity contribution is 5.82. The second kappa shape index (κ2) is 8.47. The molecule has 0 bridgehead atoms. The van der Waals surface area contributed by atoms with Crippen molar-refractivity contribution in [3.63, 3.8) is 0 Å². The molecule has 2 aromatic rings. The first kappa shape index (κ1) is 18.0. The minimum absolute atomic E-state index is 0.0349. The van der Waals surface area contributed by atoms with E-state index in [1.807, 2.05) is 49.3 Å². The van der Waals surface area contributed by atoms with E-state index in [2.05, 4.69) is 5.32 Å². The first-order chi connectivity index (χ1) is 11.5. The minimum Gasteiger partial charge on any atom is -0.497 e. The number of methoxy groups -OCH3 is 1. The number of hydrogen-bond acceptors (Lipinski definition) is 4. The van der Waals surface area contributed by atoms with Gasteiger partial charge in [-0.15, -0.1) is 0 Å². The number of ether oxygens (including phenoxy) is 1. The van der Waals surface area contributed by atoms with Crippen molar-refractivity contribution in [3.8, 4) is 5.75 Å². The molecule has 2 rings (SSSR count). The van der Waals surface area contributed by atoms with E-state index in [1.165, 1.54) is 0 Å². The average Bonchev–Trinajstić information content (AvgIpc) is 2.61. The molecule has 0 fully saturated rings. The van der Waals surface area contributed by atoms with Crippen LogP contribution < -0.4 is 10.1 Å². The van der Waals surface area contributed by atoms with E-state index in [1.54, 1.807) is 31.4 Å². The molecule has 0 heterocycles. The van der Waals surface area contributed by atoms with Gasteiger partial charge in [0.2, 0.25) is 0 Å². The fraction of sp³-hybridized carbons (Fsp3) is 0.316. The van der Waals surface area contributed by atoms with Crippen LogP contribution in [0.3, 0.4) is 0 Å². The maximum atomic E-state index is 12.3. The molecule has 0 radical (unpaired) electrons. The molecule has 2 N–H and O–H groups in total. The standard InChI is InChI=1S/C19H24N2O3/c1-21(2)17(14-8-5-4-6-9-14)13-20-19(23)18(22)15-10-7-11-16(12-15)24-3/h4-12,17-18,22H,13H2,1-3H3,(H,20,23). The number of nitrogens with one attached hydrogen (secondary N) is 1. The Morgan fingerprint density at radius 2 is 1.79 bits per heavy atom. The number of benzene rings is 2. The molecular formula is C19H24N2O3. The van der Waals surface area contributed by atoms with E-state index in [4.69, 9.17) is 4.74 Å². The Balaban J connectivity index is 2.02. The highest BCUT2D eigenvalue weighted by atomic mass is 16.5. The Morgan fingerprint density at radius 3 is 2.42 bits per heavy atom. The second-order valence-electron chi connectivity index (χ2n) is 5.81. The number of hydrogen-bond donors (Lipinski definition) is 2. The van der Waals surface area contributed by atoms with Crippen molar-refractivity contribution >= 4 is 5.91 Å². The molecule has 2 unspecified atom stereocenters. The van der Waals surface area contributed by atoms with E-state index in [0.717, 1.165) is 5.56 Å². The normalized spacial score (nSPS) is 13.4. The summed E-state index contributed by atoms with van der Waals surface area (Å²) in [6.07, 6.45) is -1.22. The topological polar surface area (TPSA) is 61.8 Å². The van der Waals surface area contributed by atoms with Gasteiger partial charge in [-0.25, -0.2) is 0 Å². The molecule has 0 aromatic heterocycles. The van der Waals surface area contributed by atoms with Crippen molar-refractivity contribution in [1.29, 1.82) is 0 Å². The van der Waals surface area contributed by atoms with E-state index < -0.39 is 12.0 Å². The Hall–Kier alpha value is -2.37. The first-order valence-corrected chi connectivity index (χ1v) is 7.84. The van der Waals surface area contributed by atoms with E-state index >= 15 is 0 Å². The SMILES string of the molecule is COc1cccc(C(O)C(=O)NCC(c2ccccc2)N(C)C)c1. The van der Waals surface area contributed by atoms with Gasteiger partial charge in [-0.2, -0.15) is 0 Å². The zero-order valence-corrected chi connectivity index (χ0v) is 14.3. The highest BCUT2D eigenvalue weighted by Crippen LogP contribution is 2.20. The number of carbonyl (C=O) groups excluding carboxylic acids is 1. The number of nitrogens with zero attached hydrogens (tertiary/aromatic N) is 1. The smallest absolute Gasteiger partial charge is 0.253 e. The first-order valence-electron chi connectivity index (χ1n) is 7.84. The molecule has 24 heavy (non-hydrogen) atoms. The number of rotatable bonds is 7. The molecule has 0 aliphatic rings. The summed E-state index contributed by atoms with van der Waals surface area (Å²) in [7, 11) is 5.47. The zero-order valence-electron chi connectivity index (χ0n) is 14.3. The van der Waals surface area contributed by atoms with Gasteiger partial charge in [0, 0.05) is 6.54 Å². The lowest BCUT2D eigenvalue weighted by atomic mass is 10.1.